The number of carboxylic acid groups (broad SMARTS) is 1. The minimum Gasteiger partial charge on any atom is -0.476 e. The highest BCUT2D eigenvalue weighted by molar-refractivity contribution is 6.42. The number of carbonyl (C=O) groups is 1. The zero-order valence-corrected chi connectivity index (χ0v) is 14.5. The third kappa shape index (κ3) is 5.32. The number of oxime groups is 2. The van der Waals surface area contributed by atoms with Gasteiger partial charge in [0, 0.05) is 11.1 Å². The third-order valence-corrected chi connectivity index (χ3v) is 3.25. The summed E-state index contributed by atoms with van der Waals surface area (Å²) >= 11 is 0. The monoisotopic (exact) mass is 400 g/mol. The van der Waals surface area contributed by atoms with E-state index >= 15 is 0 Å². The summed E-state index contributed by atoms with van der Waals surface area (Å²) in [5, 5.41) is 16.1. The van der Waals surface area contributed by atoms with Crippen molar-refractivity contribution >= 4 is 17.4 Å². The van der Waals surface area contributed by atoms with Crippen molar-refractivity contribution < 1.29 is 41.0 Å². The van der Waals surface area contributed by atoms with Gasteiger partial charge in [-0.25, -0.2) is 4.79 Å². The Bertz CT molecular complexity index is 1190. The average molecular weight is 400 g/mol. The minimum absolute atomic E-state index is 0.0621. The molecule has 0 aliphatic rings. The van der Waals surface area contributed by atoms with Gasteiger partial charge in [-0.1, -0.05) is 46.6 Å². The van der Waals surface area contributed by atoms with Crippen molar-refractivity contribution in [3.63, 3.8) is 0 Å². The SMILES string of the molecule is [2H]c1c([2H])c([2H])c(C([2H])([2H])O/N=C(\C)c2cccc(C(F)(F)F)c2)c(/C(=N\OC)C(=O)O)c1[2H]. The lowest BCUT2D eigenvalue weighted by molar-refractivity contribution is -0.137. The molecule has 0 saturated carbocycles. The second-order valence-electron chi connectivity index (χ2n) is 5.13. The number of hydrogen-bond acceptors (Lipinski definition) is 5. The normalized spacial score (nSPS) is 16.2. The van der Waals surface area contributed by atoms with Gasteiger partial charge in [-0.15, -0.1) is 0 Å². The van der Waals surface area contributed by atoms with Crippen molar-refractivity contribution in [1.29, 1.82) is 0 Å². The van der Waals surface area contributed by atoms with E-state index in [4.69, 9.17) is 13.1 Å². The Morgan fingerprint density at radius 3 is 2.64 bits per heavy atom. The molecule has 0 aliphatic heterocycles. The zero-order valence-electron chi connectivity index (χ0n) is 20.5. The van der Waals surface area contributed by atoms with E-state index in [0.29, 0.717) is 0 Å². The van der Waals surface area contributed by atoms with E-state index in [1.54, 1.807) is 0 Å². The molecule has 2 aromatic rings. The first kappa shape index (κ1) is 13.8. The van der Waals surface area contributed by atoms with Crippen molar-refractivity contribution in [2.45, 2.75) is 19.7 Å². The minimum atomic E-state index is -4.64. The van der Waals surface area contributed by atoms with E-state index < -0.39 is 65.3 Å². The Morgan fingerprint density at radius 2 is 2.00 bits per heavy atom. The predicted octanol–water partition coefficient (Wildman–Crippen LogP) is 4.08. The molecule has 0 bridgehead atoms. The second-order valence-corrected chi connectivity index (χ2v) is 5.13. The first-order valence-electron chi connectivity index (χ1n) is 10.5. The molecule has 6 nitrogen and oxygen atoms in total. The number of alkyl halides is 3. The van der Waals surface area contributed by atoms with Crippen molar-refractivity contribution in [3.05, 3.63) is 70.7 Å². The van der Waals surface area contributed by atoms with Gasteiger partial charge in [0.15, 0.2) is 5.71 Å². The van der Waals surface area contributed by atoms with Gasteiger partial charge in [0.25, 0.3) is 0 Å². The van der Waals surface area contributed by atoms with Crippen LogP contribution in [0.4, 0.5) is 13.2 Å². The Hall–Kier alpha value is -3.36. The number of aliphatic carboxylic acids is 1. The highest BCUT2D eigenvalue weighted by Crippen LogP contribution is 2.29. The van der Waals surface area contributed by atoms with E-state index in [9.17, 15) is 23.1 Å². The fraction of sp³-hybridized carbons (Fsp3) is 0.211. The van der Waals surface area contributed by atoms with Gasteiger partial charge in [0.1, 0.15) is 13.7 Å². The standard InChI is InChI=1S/C19H17F3N2O4/c1-12(13-7-5-8-15(10-13)19(20,21)22)23-28-11-14-6-3-4-9-16(14)17(18(25)26)24-27-2/h3-10H,11H2,1-2H3,(H,25,26)/b23-12+,24-17+/i3D,4D,6D,9D,11D2. The largest absolute Gasteiger partial charge is 0.476 e. The number of nitrogens with zero attached hydrogens (tertiary/aromatic N) is 2. The lowest BCUT2D eigenvalue weighted by atomic mass is 10.0. The summed E-state index contributed by atoms with van der Waals surface area (Å²) < 4.78 is 87.0. The number of rotatable bonds is 7. The van der Waals surface area contributed by atoms with Gasteiger partial charge >= 0.3 is 12.1 Å². The van der Waals surface area contributed by atoms with Crippen LogP contribution in [0, 0.1) is 0 Å². The van der Waals surface area contributed by atoms with Crippen molar-refractivity contribution in [1.82, 2.24) is 0 Å². The topological polar surface area (TPSA) is 80.5 Å². The van der Waals surface area contributed by atoms with Gasteiger partial charge in [-0.2, -0.15) is 13.2 Å². The molecule has 0 amide bonds. The van der Waals surface area contributed by atoms with Crippen LogP contribution in [-0.2, 0) is 27.2 Å². The smallest absolute Gasteiger partial charge is 0.416 e. The van der Waals surface area contributed by atoms with Crippen LogP contribution in [0.3, 0.4) is 0 Å². The van der Waals surface area contributed by atoms with Gasteiger partial charge in [0.2, 0.25) is 0 Å². The Morgan fingerprint density at radius 1 is 1.29 bits per heavy atom. The van der Waals surface area contributed by atoms with Gasteiger partial charge in [-0.05, 0) is 24.6 Å². The quantitative estimate of drug-likeness (QED) is 0.561. The zero-order chi connectivity index (χ0) is 26.0. The molecule has 0 heterocycles. The summed E-state index contributed by atoms with van der Waals surface area (Å²) in [6.45, 7) is -1.94. The van der Waals surface area contributed by atoms with Crippen LogP contribution in [-0.4, -0.2) is 29.6 Å². The van der Waals surface area contributed by atoms with Crippen LogP contribution < -0.4 is 0 Å². The summed E-state index contributed by atoms with van der Waals surface area (Å²) in [6, 6.07) is 0.291. The number of hydrogen-bond donors (Lipinski definition) is 1. The number of carboxylic acids is 1. The molecule has 9 heteroatoms. The predicted molar refractivity (Wildman–Crippen MR) is 96.1 cm³/mol. The molecule has 0 unspecified atom stereocenters. The first-order valence-corrected chi connectivity index (χ1v) is 7.49. The molecule has 0 atom stereocenters. The first-order chi connectivity index (χ1) is 15.6. The van der Waals surface area contributed by atoms with Crippen LogP contribution in [0.25, 0.3) is 0 Å². The number of benzene rings is 2. The molecule has 2 rings (SSSR count). The van der Waals surface area contributed by atoms with Crippen molar-refractivity contribution in [3.8, 4) is 0 Å². The Balaban J connectivity index is 2.65. The van der Waals surface area contributed by atoms with Crippen molar-refractivity contribution in [2.75, 3.05) is 7.11 Å². The lowest BCUT2D eigenvalue weighted by Crippen LogP contribution is -2.17. The molecule has 28 heavy (non-hydrogen) atoms. The van der Waals surface area contributed by atoms with E-state index in [1.807, 2.05) is 0 Å². The maximum absolute atomic E-state index is 13.0. The third-order valence-electron chi connectivity index (χ3n) is 3.25. The molecule has 0 saturated heterocycles. The molecule has 0 fully saturated rings. The van der Waals surface area contributed by atoms with E-state index in [0.717, 1.165) is 25.3 Å². The van der Waals surface area contributed by atoms with Crippen molar-refractivity contribution in [2.24, 2.45) is 10.3 Å². The van der Waals surface area contributed by atoms with Crippen LogP contribution in [0.2, 0.25) is 0 Å². The molecule has 148 valence electrons. The maximum Gasteiger partial charge on any atom is 0.416 e. The Kier molecular flexibility index (Phi) is 4.43. The molecule has 0 spiro atoms. The van der Waals surface area contributed by atoms with E-state index in [-0.39, 0.29) is 11.3 Å². The summed E-state index contributed by atoms with van der Waals surface area (Å²) in [5.41, 5.74) is -4.07. The fourth-order valence-corrected chi connectivity index (χ4v) is 1.96. The van der Waals surface area contributed by atoms with Gasteiger partial charge < -0.3 is 14.8 Å². The lowest BCUT2D eigenvalue weighted by Gasteiger charge is -2.10. The molecule has 0 aromatic heterocycles. The average Bonchev–Trinajstić information content (AvgIpc) is 2.76. The number of halogens is 3. The molecular weight excluding hydrogens is 377 g/mol. The summed E-state index contributed by atoms with van der Waals surface area (Å²) in [4.78, 5) is 20.9. The van der Waals surface area contributed by atoms with Crippen LogP contribution in [0.5, 0.6) is 0 Å². The van der Waals surface area contributed by atoms with Crippen LogP contribution in [0.15, 0.2) is 58.7 Å². The summed E-state index contributed by atoms with van der Waals surface area (Å²) in [7, 11) is 0.974. The highest BCUT2D eigenvalue weighted by atomic mass is 19.4. The van der Waals surface area contributed by atoms with Gasteiger partial charge in [-0.3, -0.25) is 0 Å². The van der Waals surface area contributed by atoms with E-state index in [1.165, 1.54) is 13.0 Å². The molecule has 0 radical (unpaired) electrons. The Labute approximate surface area is 167 Å². The highest BCUT2D eigenvalue weighted by Gasteiger charge is 2.30. The summed E-state index contributed by atoms with van der Waals surface area (Å²) in [6.07, 6.45) is -4.64. The molecule has 1 N–H and O–H groups in total. The summed E-state index contributed by atoms with van der Waals surface area (Å²) in [5.74, 6) is -1.78. The second kappa shape index (κ2) is 9.03. The maximum atomic E-state index is 13.0. The van der Waals surface area contributed by atoms with Crippen LogP contribution in [0.1, 0.15) is 37.4 Å². The van der Waals surface area contributed by atoms with Crippen LogP contribution >= 0.6 is 0 Å². The molecule has 2 aromatic carbocycles. The van der Waals surface area contributed by atoms with Gasteiger partial charge in [0.05, 0.1) is 19.5 Å². The van der Waals surface area contributed by atoms with E-state index in [2.05, 4.69) is 15.1 Å². The molecular formula is C19H17F3N2O4. The fourth-order valence-electron chi connectivity index (χ4n) is 1.96. The molecule has 0 aliphatic carbocycles.